The number of ether oxygens (including phenoxy) is 1. The van der Waals surface area contributed by atoms with Crippen molar-refractivity contribution in [2.24, 2.45) is 0 Å². The van der Waals surface area contributed by atoms with E-state index in [4.69, 9.17) is 16.3 Å². The fourth-order valence-corrected chi connectivity index (χ4v) is 3.02. The molecule has 1 heterocycles. The smallest absolute Gasteiger partial charge is 0.340 e. The quantitative estimate of drug-likeness (QED) is 0.585. The molecule has 0 bridgehead atoms. The summed E-state index contributed by atoms with van der Waals surface area (Å²) in [5.41, 5.74) is 2.64. The second-order valence-electron chi connectivity index (χ2n) is 5.77. The number of rotatable bonds is 4. The first-order chi connectivity index (χ1) is 12.5. The van der Waals surface area contributed by atoms with Gasteiger partial charge in [0.15, 0.2) is 0 Å². The van der Waals surface area contributed by atoms with Gasteiger partial charge in [0.2, 0.25) is 0 Å². The van der Waals surface area contributed by atoms with Crippen LogP contribution in [0.3, 0.4) is 0 Å². The van der Waals surface area contributed by atoms with Gasteiger partial charge in [0.1, 0.15) is 0 Å². The molecule has 132 valence electrons. The maximum Gasteiger partial charge on any atom is 0.340 e. The van der Waals surface area contributed by atoms with Gasteiger partial charge >= 0.3 is 5.97 Å². The minimum Gasteiger partial charge on any atom is -0.462 e. The molecule has 0 radical (unpaired) electrons. The summed E-state index contributed by atoms with van der Waals surface area (Å²) in [5.74, 6) is -0.760. The van der Waals surface area contributed by atoms with Crippen molar-refractivity contribution >= 4 is 35.2 Å². The van der Waals surface area contributed by atoms with E-state index < -0.39 is 5.97 Å². The second-order valence-corrected chi connectivity index (χ2v) is 6.20. The molecule has 3 rings (SSSR count). The lowest BCUT2D eigenvalue weighted by Gasteiger charge is -2.17. The van der Waals surface area contributed by atoms with Gasteiger partial charge < -0.3 is 4.74 Å². The van der Waals surface area contributed by atoms with Gasteiger partial charge in [-0.05, 0) is 49.8 Å². The lowest BCUT2D eigenvalue weighted by atomic mass is 10.0. The van der Waals surface area contributed by atoms with Crippen molar-refractivity contribution in [2.45, 2.75) is 13.8 Å². The molecule has 0 saturated carbocycles. The number of nitrogens with zero attached hydrogens (tertiary/aromatic N) is 1. The fourth-order valence-electron chi connectivity index (χ4n) is 2.89. The van der Waals surface area contributed by atoms with Crippen LogP contribution >= 0.6 is 11.6 Å². The normalized spacial score (nSPS) is 15.7. The number of carbonyl (C=O) groups is 2. The van der Waals surface area contributed by atoms with Crippen molar-refractivity contribution in [3.05, 3.63) is 82.0 Å². The molecule has 0 fully saturated rings. The molecular formula is C21H18ClNO3. The van der Waals surface area contributed by atoms with E-state index in [1.807, 2.05) is 30.3 Å². The van der Waals surface area contributed by atoms with Crippen molar-refractivity contribution in [1.82, 2.24) is 0 Å². The monoisotopic (exact) mass is 367 g/mol. The number of amides is 1. The standard InChI is InChI=1S/C21H18ClNO3/c1-3-26-21(25)19-14(2)23(17-7-5-4-6-8-17)20(24)18(19)13-15-9-11-16(22)12-10-15/h4-13H,3H2,1-2H3. The summed E-state index contributed by atoms with van der Waals surface area (Å²) in [5, 5.41) is 0.605. The Morgan fingerprint density at radius 3 is 2.38 bits per heavy atom. The zero-order chi connectivity index (χ0) is 18.7. The Morgan fingerprint density at radius 1 is 1.12 bits per heavy atom. The lowest BCUT2D eigenvalue weighted by molar-refractivity contribution is -0.138. The highest BCUT2D eigenvalue weighted by molar-refractivity contribution is 6.30. The Hall–Kier alpha value is -2.85. The number of benzene rings is 2. The molecule has 1 aliphatic rings. The highest BCUT2D eigenvalue weighted by Crippen LogP contribution is 2.35. The molecule has 5 heteroatoms. The number of halogens is 1. The Labute approximate surface area is 157 Å². The molecule has 0 spiro atoms. The molecule has 2 aromatic rings. The average Bonchev–Trinajstić information content (AvgIpc) is 2.88. The van der Waals surface area contributed by atoms with Crippen molar-refractivity contribution in [1.29, 1.82) is 0 Å². The van der Waals surface area contributed by atoms with Crippen LogP contribution < -0.4 is 4.90 Å². The number of para-hydroxylation sites is 1. The minimum atomic E-state index is -0.503. The van der Waals surface area contributed by atoms with Gasteiger partial charge in [-0.2, -0.15) is 0 Å². The number of esters is 1. The van der Waals surface area contributed by atoms with Crippen molar-refractivity contribution in [3.8, 4) is 0 Å². The number of allylic oxidation sites excluding steroid dienone is 1. The number of carbonyl (C=O) groups excluding carboxylic acids is 2. The lowest BCUT2D eigenvalue weighted by Crippen LogP contribution is -2.24. The molecule has 26 heavy (non-hydrogen) atoms. The molecule has 0 N–H and O–H groups in total. The van der Waals surface area contributed by atoms with Crippen LogP contribution in [0.5, 0.6) is 0 Å². The van der Waals surface area contributed by atoms with Crippen LogP contribution in [-0.2, 0) is 14.3 Å². The third-order valence-corrected chi connectivity index (χ3v) is 4.33. The number of hydrogen-bond donors (Lipinski definition) is 0. The zero-order valence-electron chi connectivity index (χ0n) is 14.5. The molecule has 2 aromatic carbocycles. The molecule has 0 saturated heterocycles. The molecule has 0 unspecified atom stereocenters. The minimum absolute atomic E-state index is 0.239. The first-order valence-electron chi connectivity index (χ1n) is 8.28. The van der Waals surface area contributed by atoms with Crippen molar-refractivity contribution < 1.29 is 14.3 Å². The molecule has 1 aliphatic heterocycles. The van der Waals surface area contributed by atoms with E-state index in [9.17, 15) is 9.59 Å². The maximum absolute atomic E-state index is 13.1. The summed E-state index contributed by atoms with van der Waals surface area (Å²) in [6.45, 7) is 3.73. The average molecular weight is 368 g/mol. The van der Waals surface area contributed by atoms with Gasteiger partial charge in [-0.15, -0.1) is 0 Å². The summed E-state index contributed by atoms with van der Waals surface area (Å²) < 4.78 is 5.18. The topological polar surface area (TPSA) is 46.6 Å². The van der Waals surface area contributed by atoms with E-state index >= 15 is 0 Å². The summed E-state index contributed by atoms with van der Waals surface area (Å²) in [6, 6.07) is 16.3. The summed E-state index contributed by atoms with van der Waals surface area (Å²) in [4.78, 5) is 27.1. The summed E-state index contributed by atoms with van der Waals surface area (Å²) in [6.07, 6.45) is 1.69. The fraction of sp³-hybridized carbons (Fsp3) is 0.143. The van der Waals surface area contributed by atoms with Gasteiger partial charge in [0.25, 0.3) is 5.91 Å². The van der Waals surface area contributed by atoms with E-state index in [-0.39, 0.29) is 18.1 Å². The van der Waals surface area contributed by atoms with Crippen LogP contribution in [0, 0.1) is 0 Å². The molecule has 0 aliphatic carbocycles. The van der Waals surface area contributed by atoms with Gasteiger partial charge in [-0.25, -0.2) is 4.79 Å². The Balaban J connectivity index is 2.11. The summed E-state index contributed by atoms with van der Waals surface area (Å²) >= 11 is 5.92. The first-order valence-corrected chi connectivity index (χ1v) is 8.66. The Kier molecular flexibility index (Phi) is 5.24. The Bertz CT molecular complexity index is 899. The highest BCUT2D eigenvalue weighted by Gasteiger charge is 2.37. The van der Waals surface area contributed by atoms with Crippen LogP contribution in [0.25, 0.3) is 6.08 Å². The predicted octanol–water partition coefficient (Wildman–Crippen LogP) is 4.61. The van der Waals surface area contributed by atoms with E-state index in [0.29, 0.717) is 22.0 Å². The molecule has 1 amide bonds. The zero-order valence-corrected chi connectivity index (χ0v) is 15.3. The molecule has 0 aromatic heterocycles. The highest BCUT2D eigenvalue weighted by atomic mass is 35.5. The van der Waals surface area contributed by atoms with Crippen LogP contribution in [0.4, 0.5) is 5.69 Å². The summed E-state index contributed by atoms with van der Waals surface area (Å²) in [7, 11) is 0. The van der Waals surface area contributed by atoms with E-state index in [1.54, 1.807) is 44.2 Å². The van der Waals surface area contributed by atoms with E-state index in [0.717, 1.165) is 5.56 Å². The van der Waals surface area contributed by atoms with Crippen molar-refractivity contribution in [3.63, 3.8) is 0 Å². The van der Waals surface area contributed by atoms with Gasteiger partial charge in [-0.3, -0.25) is 9.69 Å². The molecule has 4 nitrogen and oxygen atoms in total. The van der Waals surface area contributed by atoms with Gasteiger partial charge in [0, 0.05) is 16.4 Å². The van der Waals surface area contributed by atoms with Gasteiger partial charge in [-0.1, -0.05) is 41.9 Å². The van der Waals surface area contributed by atoms with E-state index in [1.165, 1.54) is 4.90 Å². The maximum atomic E-state index is 13.1. The largest absolute Gasteiger partial charge is 0.462 e. The Morgan fingerprint density at radius 2 is 1.77 bits per heavy atom. The van der Waals surface area contributed by atoms with Crippen LogP contribution in [0.2, 0.25) is 5.02 Å². The molecule has 0 atom stereocenters. The van der Waals surface area contributed by atoms with E-state index in [2.05, 4.69) is 0 Å². The third kappa shape index (κ3) is 3.41. The van der Waals surface area contributed by atoms with Crippen LogP contribution in [0.1, 0.15) is 19.4 Å². The van der Waals surface area contributed by atoms with Crippen LogP contribution in [0.15, 0.2) is 71.4 Å². The number of anilines is 1. The number of hydrogen-bond acceptors (Lipinski definition) is 3. The predicted molar refractivity (Wildman–Crippen MR) is 103 cm³/mol. The van der Waals surface area contributed by atoms with Crippen molar-refractivity contribution in [2.75, 3.05) is 11.5 Å². The SMILES string of the molecule is CCOC(=O)C1=C(C)N(c2ccccc2)C(=O)C1=Cc1ccc(Cl)cc1. The second kappa shape index (κ2) is 7.58. The molecular weight excluding hydrogens is 350 g/mol. The van der Waals surface area contributed by atoms with Gasteiger partial charge in [0.05, 0.1) is 17.8 Å². The van der Waals surface area contributed by atoms with Crippen LogP contribution in [-0.4, -0.2) is 18.5 Å². The third-order valence-electron chi connectivity index (χ3n) is 4.08. The first kappa shape index (κ1) is 18.0.